The van der Waals surface area contributed by atoms with Crippen molar-refractivity contribution in [3.05, 3.63) is 35.1 Å². The number of benzene rings is 1. The molecule has 28 heavy (non-hydrogen) atoms. The maximum absolute atomic E-state index is 13.2. The molecule has 1 unspecified atom stereocenters. The fraction of sp³-hybridized carbons (Fsp3) is 0.632. The molecule has 0 radical (unpaired) electrons. The van der Waals surface area contributed by atoms with E-state index in [2.05, 4.69) is 20.5 Å². The summed E-state index contributed by atoms with van der Waals surface area (Å²) in [6.07, 6.45) is -2.47. The second kappa shape index (κ2) is 10.6. The van der Waals surface area contributed by atoms with Crippen LogP contribution in [-0.4, -0.2) is 56.8 Å². The van der Waals surface area contributed by atoms with E-state index in [0.29, 0.717) is 37.8 Å². The van der Waals surface area contributed by atoms with Crippen LogP contribution >= 0.6 is 0 Å². The van der Waals surface area contributed by atoms with Crippen LogP contribution in [0.1, 0.15) is 30.9 Å². The normalized spacial score (nSPS) is 18.5. The average molecular weight is 404 g/mol. The number of nitrogens with one attached hydrogen (secondary N) is 2. The Bertz CT molecular complexity index is 651. The number of aliphatic imine (C=N–C) groups is 1. The molecule has 5 nitrogen and oxygen atoms in total. The predicted molar refractivity (Wildman–Crippen MR) is 101 cm³/mol. The highest BCUT2D eigenvalue weighted by molar-refractivity contribution is 5.79. The van der Waals surface area contributed by atoms with Gasteiger partial charge in [-0.15, -0.1) is 0 Å². The smallest absolute Gasteiger partial charge is 0.383 e. The van der Waals surface area contributed by atoms with Crippen molar-refractivity contribution in [2.45, 2.75) is 38.5 Å². The SMILES string of the molecule is CCNC(=NCc1ccc(F)cc1C(F)(F)F)NCC1CCCN1CCOC. The van der Waals surface area contributed by atoms with Gasteiger partial charge in [-0.3, -0.25) is 4.90 Å². The molecule has 0 bridgehead atoms. The molecule has 2 rings (SSSR count). The number of nitrogens with zero attached hydrogens (tertiary/aromatic N) is 2. The van der Waals surface area contributed by atoms with Gasteiger partial charge in [0.25, 0.3) is 0 Å². The van der Waals surface area contributed by atoms with Crippen molar-refractivity contribution < 1.29 is 22.3 Å². The minimum absolute atomic E-state index is 0.0614. The number of guanidine groups is 1. The lowest BCUT2D eigenvalue weighted by Gasteiger charge is -2.25. The summed E-state index contributed by atoms with van der Waals surface area (Å²) in [7, 11) is 1.67. The summed E-state index contributed by atoms with van der Waals surface area (Å²) in [5.74, 6) is -0.471. The van der Waals surface area contributed by atoms with E-state index in [-0.39, 0.29) is 12.1 Å². The minimum Gasteiger partial charge on any atom is -0.383 e. The number of halogens is 4. The first kappa shape index (κ1) is 22.4. The highest BCUT2D eigenvalue weighted by Gasteiger charge is 2.33. The number of hydrogen-bond acceptors (Lipinski definition) is 3. The van der Waals surface area contributed by atoms with Gasteiger partial charge in [0.2, 0.25) is 0 Å². The van der Waals surface area contributed by atoms with Crippen LogP contribution in [0.4, 0.5) is 17.6 Å². The molecule has 1 atom stereocenters. The van der Waals surface area contributed by atoms with Crippen molar-refractivity contribution in [2.75, 3.05) is 39.9 Å². The second-order valence-corrected chi connectivity index (χ2v) is 6.70. The molecule has 0 aromatic heterocycles. The largest absolute Gasteiger partial charge is 0.416 e. The fourth-order valence-corrected chi connectivity index (χ4v) is 3.30. The average Bonchev–Trinajstić information content (AvgIpc) is 3.09. The monoisotopic (exact) mass is 404 g/mol. The van der Waals surface area contributed by atoms with Gasteiger partial charge in [0.15, 0.2) is 5.96 Å². The molecule has 1 heterocycles. The van der Waals surface area contributed by atoms with Crippen molar-refractivity contribution in [1.29, 1.82) is 0 Å². The maximum Gasteiger partial charge on any atom is 0.416 e. The Morgan fingerprint density at radius 3 is 2.79 bits per heavy atom. The number of alkyl halides is 3. The Balaban J connectivity index is 2.03. The summed E-state index contributed by atoms with van der Waals surface area (Å²) < 4.78 is 57.8. The van der Waals surface area contributed by atoms with Crippen molar-refractivity contribution >= 4 is 5.96 Å². The van der Waals surface area contributed by atoms with Gasteiger partial charge in [-0.05, 0) is 44.0 Å². The molecule has 0 aliphatic carbocycles. The summed E-state index contributed by atoms with van der Waals surface area (Å²) in [5, 5.41) is 6.25. The lowest BCUT2D eigenvalue weighted by atomic mass is 10.1. The Morgan fingerprint density at radius 1 is 1.32 bits per heavy atom. The van der Waals surface area contributed by atoms with Crippen LogP contribution in [0.25, 0.3) is 0 Å². The van der Waals surface area contributed by atoms with E-state index < -0.39 is 17.6 Å². The highest BCUT2D eigenvalue weighted by Crippen LogP contribution is 2.32. The van der Waals surface area contributed by atoms with E-state index in [4.69, 9.17) is 4.74 Å². The molecule has 9 heteroatoms. The maximum atomic E-state index is 13.2. The molecule has 0 amide bonds. The number of likely N-dealkylation sites (tertiary alicyclic amines) is 1. The van der Waals surface area contributed by atoms with Crippen LogP contribution in [0.3, 0.4) is 0 Å². The third-order valence-corrected chi connectivity index (χ3v) is 4.72. The van der Waals surface area contributed by atoms with Gasteiger partial charge in [-0.2, -0.15) is 13.2 Å². The zero-order chi connectivity index (χ0) is 20.6. The molecule has 0 saturated carbocycles. The number of rotatable bonds is 8. The summed E-state index contributed by atoms with van der Waals surface area (Å²) in [5.41, 5.74) is -1.05. The van der Waals surface area contributed by atoms with Crippen molar-refractivity contribution in [3.63, 3.8) is 0 Å². The quantitative estimate of drug-likeness (QED) is 0.397. The third-order valence-electron chi connectivity index (χ3n) is 4.72. The van der Waals surface area contributed by atoms with Gasteiger partial charge >= 0.3 is 6.18 Å². The molecule has 1 aliphatic rings. The summed E-state index contributed by atoms with van der Waals surface area (Å²) >= 11 is 0. The van der Waals surface area contributed by atoms with Crippen LogP contribution in [0.5, 0.6) is 0 Å². The van der Waals surface area contributed by atoms with Crippen molar-refractivity contribution in [2.24, 2.45) is 4.99 Å². The van der Waals surface area contributed by atoms with Crippen LogP contribution < -0.4 is 10.6 Å². The van der Waals surface area contributed by atoms with Crippen molar-refractivity contribution in [3.8, 4) is 0 Å². The van der Waals surface area contributed by atoms with Gasteiger partial charge < -0.3 is 15.4 Å². The topological polar surface area (TPSA) is 48.9 Å². The Hall–Kier alpha value is -1.87. The lowest BCUT2D eigenvalue weighted by Crippen LogP contribution is -2.45. The molecule has 1 aromatic rings. The standard InChI is InChI=1S/C19H28F4N4O/c1-3-24-18(26-13-16-5-4-8-27(16)9-10-28-2)25-12-14-6-7-15(20)11-17(14)19(21,22)23/h6-7,11,16H,3-5,8-10,12-13H2,1-2H3,(H2,24,25,26). The van der Waals surface area contributed by atoms with E-state index in [1.807, 2.05) is 6.92 Å². The molecular weight excluding hydrogens is 376 g/mol. The zero-order valence-corrected chi connectivity index (χ0v) is 16.3. The van der Waals surface area contributed by atoms with Gasteiger partial charge in [0, 0.05) is 32.8 Å². The number of ether oxygens (including phenoxy) is 1. The summed E-state index contributed by atoms with van der Waals surface area (Å²) in [4.78, 5) is 6.60. The van der Waals surface area contributed by atoms with Gasteiger partial charge in [-0.25, -0.2) is 9.38 Å². The Labute approximate surface area is 163 Å². The molecule has 0 spiro atoms. The van der Waals surface area contributed by atoms with Crippen LogP contribution in [0.2, 0.25) is 0 Å². The van der Waals surface area contributed by atoms with Crippen LogP contribution in [-0.2, 0) is 17.5 Å². The van der Waals surface area contributed by atoms with Crippen LogP contribution in [0.15, 0.2) is 23.2 Å². The van der Waals surface area contributed by atoms with Crippen molar-refractivity contribution in [1.82, 2.24) is 15.5 Å². The highest BCUT2D eigenvalue weighted by atomic mass is 19.4. The molecule has 2 N–H and O–H groups in total. The molecule has 1 aromatic carbocycles. The summed E-state index contributed by atoms with van der Waals surface area (Å²) in [6, 6.07) is 2.99. The van der Waals surface area contributed by atoms with E-state index in [0.717, 1.165) is 38.1 Å². The summed E-state index contributed by atoms with van der Waals surface area (Å²) in [6.45, 7) is 5.44. The van der Waals surface area contributed by atoms with Crippen LogP contribution in [0, 0.1) is 5.82 Å². The molecular formula is C19H28F4N4O. The predicted octanol–water partition coefficient (Wildman–Crippen LogP) is 3.01. The van der Waals surface area contributed by atoms with E-state index >= 15 is 0 Å². The number of hydrogen-bond donors (Lipinski definition) is 2. The van der Waals surface area contributed by atoms with E-state index in [1.54, 1.807) is 7.11 Å². The lowest BCUT2D eigenvalue weighted by molar-refractivity contribution is -0.138. The van der Waals surface area contributed by atoms with E-state index in [1.165, 1.54) is 0 Å². The first-order valence-corrected chi connectivity index (χ1v) is 9.46. The first-order chi connectivity index (χ1) is 13.3. The second-order valence-electron chi connectivity index (χ2n) is 6.70. The molecule has 1 fully saturated rings. The Morgan fingerprint density at radius 2 is 2.11 bits per heavy atom. The number of methoxy groups -OCH3 is 1. The van der Waals surface area contributed by atoms with Gasteiger partial charge in [0.05, 0.1) is 18.7 Å². The molecule has 158 valence electrons. The van der Waals surface area contributed by atoms with E-state index in [9.17, 15) is 17.6 Å². The first-order valence-electron chi connectivity index (χ1n) is 9.46. The Kier molecular flexibility index (Phi) is 8.50. The zero-order valence-electron chi connectivity index (χ0n) is 16.3. The van der Waals surface area contributed by atoms with Gasteiger partial charge in [0.1, 0.15) is 5.82 Å². The fourth-order valence-electron chi connectivity index (χ4n) is 3.30. The third kappa shape index (κ3) is 6.63. The molecule has 1 aliphatic heterocycles. The minimum atomic E-state index is -4.62. The van der Waals surface area contributed by atoms with Gasteiger partial charge in [-0.1, -0.05) is 6.07 Å². The molecule has 1 saturated heterocycles.